The van der Waals surface area contributed by atoms with Crippen LogP contribution in [0.4, 0.5) is 4.39 Å². The Morgan fingerprint density at radius 3 is 2.58 bits per heavy atom. The van der Waals surface area contributed by atoms with Gasteiger partial charge in [-0.05, 0) is 55.2 Å². The van der Waals surface area contributed by atoms with Crippen molar-refractivity contribution < 1.29 is 14.3 Å². The number of hydrogen-bond donors (Lipinski definition) is 2. The molecule has 2 fully saturated rings. The molecular weight excluding hydrogens is 307 g/mol. The first-order chi connectivity index (χ1) is 11.5. The summed E-state index contributed by atoms with van der Waals surface area (Å²) < 4.78 is 13.0. The van der Waals surface area contributed by atoms with Gasteiger partial charge in [0.15, 0.2) is 0 Å². The van der Waals surface area contributed by atoms with Crippen LogP contribution in [0, 0.1) is 11.7 Å². The summed E-state index contributed by atoms with van der Waals surface area (Å²) in [6.07, 6.45) is 4.55. The lowest BCUT2D eigenvalue weighted by Gasteiger charge is -2.43. The second kappa shape index (κ2) is 7.62. The highest BCUT2D eigenvalue weighted by atomic mass is 19.1. The Morgan fingerprint density at radius 1 is 1.33 bits per heavy atom. The Bertz CT molecular complexity index is 553. The van der Waals surface area contributed by atoms with E-state index in [1.54, 1.807) is 0 Å². The molecule has 2 N–H and O–H groups in total. The molecule has 0 saturated heterocycles. The van der Waals surface area contributed by atoms with Crippen LogP contribution in [0.1, 0.15) is 44.1 Å². The van der Waals surface area contributed by atoms with Gasteiger partial charge in [-0.1, -0.05) is 19.1 Å². The smallest absolute Gasteiger partial charge is 0.317 e. The van der Waals surface area contributed by atoms with E-state index in [0.717, 1.165) is 37.4 Å². The van der Waals surface area contributed by atoms with Crippen LogP contribution >= 0.6 is 0 Å². The largest absolute Gasteiger partial charge is 0.480 e. The number of rotatable bonds is 9. The van der Waals surface area contributed by atoms with Gasteiger partial charge in [-0.2, -0.15) is 0 Å². The molecule has 0 amide bonds. The average Bonchev–Trinajstić information content (AvgIpc) is 3.29. The summed E-state index contributed by atoms with van der Waals surface area (Å²) in [5, 5.41) is 12.7. The molecule has 2 saturated carbocycles. The lowest BCUT2D eigenvalue weighted by atomic mass is 9.84. The third kappa shape index (κ3) is 4.77. The summed E-state index contributed by atoms with van der Waals surface area (Å²) in [4.78, 5) is 13.2. The maximum Gasteiger partial charge on any atom is 0.317 e. The van der Waals surface area contributed by atoms with Crippen LogP contribution in [-0.4, -0.2) is 47.7 Å². The van der Waals surface area contributed by atoms with Crippen LogP contribution < -0.4 is 5.32 Å². The maximum atomic E-state index is 13.0. The molecule has 0 bridgehead atoms. The summed E-state index contributed by atoms with van der Waals surface area (Å²) in [6.45, 7) is 4.11. The topological polar surface area (TPSA) is 52.6 Å². The molecule has 1 aromatic carbocycles. The highest BCUT2D eigenvalue weighted by Crippen LogP contribution is 2.33. The second-order valence-electron chi connectivity index (χ2n) is 7.45. The number of aliphatic carboxylic acids is 1. The van der Waals surface area contributed by atoms with Crippen molar-refractivity contribution in [3.63, 3.8) is 0 Å². The van der Waals surface area contributed by atoms with Crippen LogP contribution in [0.5, 0.6) is 0 Å². The fraction of sp³-hybridized carbons (Fsp3) is 0.632. The molecule has 0 aromatic heterocycles. The number of carboxylic acids is 1. The van der Waals surface area contributed by atoms with E-state index in [0.29, 0.717) is 18.0 Å². The molecule has 1 atom stereocenters. The number of hydrogen-bond acceptors (Lipinski definition) is 3. The predicted octanol–water partition coefficient (Wildman–Crippen LogP) is 2.85. The molecule has 1 aromatic rings. The first-order valence-electron chi connectivity index (χ1n) is 8.96. The molecule has 4 nitrogen and oxygen atoms in total. The summed E-state index contributed by atoms with van der Waals surface area (Å²) in [5.74, 6) is 0.132. The fourth-order valence-electron chi connectivity index (χ4n) is 3.45. The number of carboxylic acid groups (broad SMARTS) is 1. The van der Waals surface area contributed by atoms with Crippen molar-refractivity contribution >= 4 is 5.97 Å². The zero-order chi connectivity index (χ0) is 17.1. The summed E-state index contributed by atoms with van der Waals surface area (Å²) >= 11 is 0. The molecule has 3 rings (SSSR count). The fourth-order valence-corrected chi connectivity index (χ4v) is 3.45. The minimum absolute atomic E-state index is 0.167. The first-order valence-corrected chi connectivity index (χ1v) is 8.96. The van der Waals surface area contributed by atoms with E-state index >= 15 is 0 Å². The van der Waals surface area contributed by atoms with E-state index in [4.69, 9.17) is 5.11 Å². The van der Waals surface area contributed by atoms with Gasteiger partial charge in [0.1, 0.15) is 5.82 Å². The second-order valence-corrected chi connectivity index (χ2v) is 7.45. The van der Waals surface area contributed by atoms with Crippen LogP contribution in [0.3, 0.4) is 0 Å². The van der Waals surface area contributed by atoms with Gasteiger partial charge in [-0.3, -0.25) is 9.69 Å². The van der Waals surface area contributed by atoms with Crippen LogP contribution in [0.25, 0.3) is 0 Å². The molecular formula is C19H27FN2O2. The molecule has 24 heavy (non-hydrogen) atoms. The molecule has 132 valence electrons. The van der Waals surface area contributed by atoms with Gasteiger partial charge in [0.2, 0.25) is 0 Å². The Morgan fingerprint density at radius 2 is 2.00 bits per heavy atom. The molecule has 2 aliphatic carbocycles. The van der Waals surface area contributed by atoms with Crippen molar-refractivity contribution in [2.75, 3.05) is 19.6 Å². The Hall–Kier alpha value is -1.46. The zero-order valence-electron chi connectivity index (χ0n) is 14.2. The minimum Gasteiger partial charge on any atom is -0.480 e. The Kier molecular flexibility index (Phi) is 5.51. The van der Waals surface area contributed by atoms with Gasteiger partial charge in [0.05, 0.1) is 6.54 Å². The van der Waals surface area contributed by atoms with Crippen LogP contribution in [-0.2, 0) is 4.79 Å². The van der Waals surface area contributed by atoms with Crippen LogP contribution in [0.15, 0.2) is 24.3 Å². The standard InChI is InChI=1S/C19H27FN2O2/c1-13(15-4-6-16(20)7-5-15)10-21-17-8-18(9-17)22(12-19(23)24)11-14-2-3-14/h4-7,13-14,17-18,21H,2-3,8-12H2,1H3,(H,23,24). The van der Waals surface area contributed by atoms with E-state index in [2.05, 4.69) is 17.1 Å². The van der Waals surface area contributed by atoms with Crippen molar-refractivity contribution in [2.45, 2.75) is 50.6 Å². The SMILES string of the molecule is CC(CNC1CC(N(CC(=O)O)CC2CC2)C1)c1ccc(F)cc1. The van der Waals surface area contributed by atoms with E-state index in [9.17, 15) is 9.18 Å². The number of nitrogens with one attached hydrogen (secondary N) is 1. The van der Waals surface area contributed by atoms with E-state index in [1.807, 2.05) is 12.1 Å². The maximum absolute atomic E-state index is 13.0. The lowest BCUT2D eigenvalue weighted by Crippen LogP contribution is -2.54. The summed E-state index contributed by atoms with van der Waals surface area (Å²) in [6, 6.07) is 7.57. The number of carbonyl (C=O) groups is 1. The summed E-state index contributed by atoms with van der Waals surface area (Å²) in [7, 11) is 0. The predicted molar refractivity (Wildman–Crippen MR) is 91.6 cm³/mol. The number of nitrogens with zero attached hydrogens (tertiary/aromatic N) is 1. The lowest BCUT2D eigenvalue weighted by molar-refractivity contribution is -0.139. The highest BCUT2D eigenvalue weighted by Gasteiger charge is 2.36. The molecule has 0 heterocycles. The highest BCUT2D eigenvalue weighted by molar-refractivity contribution is 5.69. The Labute approximate surface area is 143 Å². The molecule has 5 heteroatoms. The molecule has 2 aliphatic rings. The van der Waals surface area contributed by atoms with Crippen molar-refractivity contribution in [3.05, 3.63) is 35.6 Å². The van der Waals surface area contributed by atoms with Crippen molar-refractivity contribution in [3.8, 4) is 0 Å². The zero-order valence-corrected chi connectivity index (χ0v) is 14.2. The third-order valence-electron chi connectivity index (χ3n) is 5.31. The molecule has 0 aliphatic heterocycles. The van der Waals surface area contributed by atoms with Crippen molar-refractivity contribution in [1.82, 2.24) is 10.2 Å². The van der Waals surface area contributed by atoms with Crippen molar-refractivity contribution in [2.24, 2.45) is 5.92 Å². The van der Waals surface area contributed by atoms with Gasteiger partial charge in [0, 0.05) is 25.2 Å². The molecule has 0 radical (unpaired) electrons. The quantitative estimate of drug-likeness (QED) is 0.729. The average molecular weight is 334 g/mol. The normalized spacial score (nSPS) is 24.6. The van der Waals surface area contributed by atoms with Gasteiger partial charge in [-0.15, -0.1) is 0 Å². The first kappa shape index (κ1) is 17.4. The minimum atomic E-state index is -0.725. The monoisotopic (exact) mass is 334 g/mol. The van der Waals surface area contributed by atoms with E-state index in [-0.39, 0.29) is 12.4 Å². The molecule has 1 unspecified atom stereocenters. The van der Waals surface area contributed by atoms with Gasteiger partial charge in [-0.25, -0.2) is 4.39 Å². The number of benzene rings is 1. The van der Waals surface area contributed by atoms with Crippen LogP contribution in [0.2, 0.25) is 0 Å². The van der Waals surface area contributed by atoms with Gasteiger partial charge < -0.3 is 10.4 Å². The number of halogens is 1. The van der Waals surface area contributed by atoms with Crippen molar-refractivity contribution in [1.29, 1.82) is 0 Å². The Balaban J connectivity index is 1.40. The third-order valence-corrected chi connectivity index (χ3v) is 5.31. The van der Waals surface area contributed by atoms with Gasteiger partial charge in [0.25, 0.3) is 0 Å². The summed E-state index contributed by atoms with van der Waals surface area (Å²) in [5.41, 5.74) is 1.14. The molecule has 0 spiro atoms. The van der Waals surface area contributed by atoms with E-state index in [1.165, 1.54) is 25.0 Å². The van der Waals surface area contributed by atoms with Gasteiger partial charge >= 0.3 is 5.97 Å². The van der Waals surface area contributed by atoms with E-state index < -0.39 is 5.97 Å².